The van der Waals surface area contributed by atoms with Gasteiger partial charge in [0.1, 0.15) is 6.29 Å². The number of rotatable bonds is 41. The van der Waals surface area contributed by atoms with Crippen molar-refractivity contribution in [2.75, 3.05) is 41.0 Å². The standard InChI is InChI=1S/C44H86O5.C4H9NO/c1-6-10-20-28-40(29-21-11-7-2)36-38-48-43(45)34-26-18-14-16-24-32-42(47-5)33-25-17-15-19-27-35-44(46)49-39-37-41(30-22-12-8-3)31-23-13-9-4;1-5(2)3-4-6/h40-42H,6-39H2,1-5H3;4H,3H2,1-2H3. The predicted molar refractivity (Wildman–Crippen MR) is 235 cm³/mol. The van der Waals surface area contributed by atoms with Gasteiger partial charge in [-0.3, -0.25) is 9.59 Å². The molecule has 0 aliphatic carbocycles. The lowest BCUT2D eigenvalue weighted by Gasteiger charge is -2.17. The van der Waals surface area contributed by atoms with Crippen LogP contribution in [0, 0.1) is 11.8 Å². The molecule has 0 rings (SSSR count). The molecule has 0 radical (unpaired) electrons. The summed E-state index contributed by atoms with van der Waals surface area (Å²) in [5.41, 5.74) is 0. The molecule has 0 aromatic rings. The van der Waals surface area contributed by atoms with Crippen LogP contribution in [-0.2, 0) is 28.6 Å². The second kappa shape index (κ2) is 45.2. The predicted octanol–water partition coefficient (Wildman–Crippen LogP) is 13.6. The maximum atomic E-state index is 12.2. The van der Waals surface area contributed by atoms with Crippen molar-refractivity contribution in [2.24, 2.45) is 11.8 Å². The molecule has 0 aromatic heterocycles. The maximum absolute atomic E-state index is 12.2. The monoisotopic (exact) mass is 782 g/mol. The Bertz CT molecular complexity index is 729. The number of nitrogens with zero attached hydrogens (tertiary/aromatic N) is 1. The third-order valence-electron chi connectivity index (χ3n) is 11.0. The van der Waals surface area contributed by atoms with E-state index in [1.165, 1.54) is 141 Å². The van der Waals surface area contributed by atoms with Crippen LogP contribution in [0.25, 0.3) is 0 Å². The van der Waals surface area contributed by atoms with Crippen LogP contribution in [0.2, 0.25) is 0 Å². The van der Waals surface area contributed by atoms with Crippen molar-refractivity contribution >= 4 is 18.2 Å². The Balaban J connectivity index is 0. The molecule has 0 aliphatic heterocycles. The van der Waals surface area contributed by atoms with Crippen molar-refractivity contribution in [2.45, 2.75) is 239 Å². The van der Waals surface area contributed by atoms with Crippen molar-refractivity contribution in [3.05, 3.63) is 0 Å². The number of unbranched alkanes of at least 4 members (excludes halogenated alkanes) is 16. The van der Waals surface area contributed by atoms with Gasteiger partial charge in [0.2, 0.25) is 0 Å². The summed E-state index contributed by atoms with van der Waals surface area (Å²) in [7, 11) is 5.56. The van der Waals surface area contributed by atoms with E-state index in [4.69, 9.17) is 14.2 Å². The van der Waals surface area contributed by atoms with Crippen LogP contribution in [0.3, 0.4) is 0 Å². The number of esters is 2. The highest BCUT2D eigenvalue weighted by Gasteiger charge is 2.13. The van der Waals surface area contributed by atoms with Gasteiger partial charge in [-0.2, -0.15) is 0 Å². The molecular weight excluding hydrogens is 687 g/mol. The highest BCUT2D eigenvalue weighted by Crippen LogP contribution is 2.23. The number of carbonyl (C=O) groups is 3. The first-order valence-corrected chi connectivity index (χ1v) is 23.7. The quantitative estimate of drug-likeness (QED) is 0.0347. The first-order chi connectivity index (χ1) is 26.8. The lowest BCUT2D eigenvalue weighted by molar-refractivity contribution is -0.145. The zero-order valence-corrected chi connectivity index (χ0v) is 38.0. The van der Waals surface area contributed by atoms with E-state index in [1.54, 1.807) is 0 Å². The summed E-state index contributed by atoms with van der Waals surface area (Å²) in [5.74, 6) is 1.43. The van der Waals surface area contributed by atoms with E-state index in [0.717, 1.165) is 69.5 Å². The molecule has 0 aromatic carbocycles. The van der Waals surface area contributed by atoms with Gasteiger partial charge >= 0.3 is 11.9 Å². The van der Waals surface area contributed by atoms with Gasteiger partial charge in [0.25, 0.3) is 0 Å². The minimum Gasteiger partial charge on any atom is -0.466 e. The summed E-state index contributed by atoms with van der Waals surface area (Å²) in [6, 6.07) is 0. The fourth-order valence-electron chi connectivity index (χ4n) is 7.29. The first kappa shape index (κ1) is 55.6. The van der Waals surface area contributed by atoms with Gasteiger partial charge in [-0.05, 0) is 64.5 Å². The number of methoxy groups -OCH3 is 1. The summed E-state index contributed by atoms with van der Waals surface area (Å²) < 4.78 is 17.0. The van der Waals surface area contributed by atoms with Gasteiger partial charge in [-0.25, -0.2) is 0 Å². The normalized spacial score (nSPS) is 11.4. The fraction of sp³-hybridized carbons (Fsp3) is 0.938. The summed E-state index contributed by atoms with van der Waals surface area (Å²) >= 11 is 0. The van der Waals surface area contributed by atoms with E-state index in [-0.39, 0.29) is 11.9 Å². The van der Waals surface area contributed by atoms with Gasteiger partial charge < -0.3 is 23.9 Å². The summed E-state index contributed by atoms with van der Waals surface area (Å²) in [4.78, 5) is 35.9. The Morgan fingerprint density at radius 3 is 1.09 bits per heavy atom. The van der Waals surface area contributed by atoms with E-state index < -0.39 is 0 Å². The second-order valence-corrected chi connectivity index (χ2v) is 16.6. The molecule has 328 valence electrons. The van der Waals surface area contributed by atoms with Crippen molar-refractivity contribution in [3.63, 3.8) is 0 Å². The van der Waals surface area contributed by atoms with Crippen LogP contribution in [-0.4, -0.2) is 70.2 Å². The number of likely N-dealkylation sites (N-methyl/N-ethyl adjacent to an activating group) is 1. The Labute approximate surface area is 342 Å². The molecule has 0 saturated heterocycles. The number of aldehydes is 1. The summed E-state index contributed by atoms with van der Waals surface area (Å²) in [5, 5.41) is 0. The van der Waals surface area contributed by atoms with Gasteiger partial charge in [-0.15, -0.1) is 0 Å². The van der Waals surface area contributed by atoms with E-state index in [0.29, 0.717) is 38.7 Å². The zero-order valence-electron chi connectivity index (χ0n) is 38.0. The van der Waals surface area contributed by atoms with Crippen LogP contribution in [0.4, 0.5) is 0 Å². The molecule has 7 nitrogen and oxygen atoms in total. The molecule has 0 N–H and O–H groups in total. The second-order valence-electron chi connectivity index (χ2n) is 16.6. The highest BCUT2D eigenvalue weighted by molar-refractivity contribution is 5.69. The highest BCUT2D eigenvalue weighted by atomic mass is 16.5. The Morgan fingerprint density at radius 2 is 0.800 bits per heavy atom. The third-order valence-corrected chi connectivity index (χ3v) is 11.0. The van der Waals surface area contributed by atoms with Gasteiger partial charge in [0, 0.05) is 20.0 Å². The average Bonchev–Trinajstić information content (AvgIpc) is 3.16. The number of carbonyl (C=O) groups excluding carboxylic acids is 3. The maximum Gasteiger partial charge on any atom is 0.305 e. The lowest BCUT2D eigenvalue weighted by atomic mass is 9.92. The fourth-order valence-corrected chi connectivity index (χ4v) is 7.29. The van der Waals surface area contributed by atoms with Gasteiger partial charge in [-0.1, -0.05) is 182 Å². The number of hydrogen-bond acceptors (Lipinski definition) is 7. The first-order valence-electron chi connectivity index (χ1n) is 23.7. The van der Waals surface area contributed by atoms with E-state index in [2.05, 4.69) is 27.7 Å². The third kappa shape index (κ3) is 43.5. The Morgan fingerprint density at radius 1 is 0.473 bits per heavy atom. The van der Waals surface area contributed by atoms with E-state index in [1.807, 2.05) is 26.1 Å². The van der Waals surface area contributed by atoms with Crippen LogP contribution in [0.15, 0.2) is 0 Å². The van der Waals surface area contributed by atoms with Crippen molar-refractivity contribution in [1.29, 1.82) is 0 Å². The van der Waals surface area contributed by atoms with Crippen LogP contribution < -0.4 is 0 Å². The number of hydrogen-bond donors (Lipinski definition) is 0. The zero-order chi connectivity index (χ0) is 41.0. The lowest BCUT2D eigenvalue weighted by Crippen LogP contribution is -2.13. The smallest absolute Gasteiger partial charge is 0.305 e. The topological polar surface area (TPSA) is 82.1 Å². The van der Waals surface area contributed by atoms with E-state index >= 15 is 0 Å². The molecule has 55 heavy (non-hydrogen) atoms. The average molecular weight is 782 g/mol. The van der Waals surface area contributed by atoms with Gasteiger partial charge in [0.05, 0.1) is 25.9 Å². The SMILES string of the molecule is CCCCCC(CCCCC)CCOC(=O)CCCCCCCC(CCCCCCCC(=O)OCCC(CCCCC)CCCCC)OC.CN(C)CC=O. The number of ether oxygens (including phenoxy) is 3. The molecule has 0 heterocycles. The minimum absolute atomic E-state index is 0.00469. The van der Waals surface area contributed by atoms with Crippen LogP contribution >= 0.6 is 0 Å². The molecule has 0 amide bonds. The van der Waals surface area contributed by atoms with Crippen LogP contribution in [0.1, 0.15) is 233 Å². The molecule has 0 spiro atoms. The molecule has 0 fully saturated rings. The Hall–Kier alpha value is -1.47. The molecular formula is C48H95NO6. The van der Waals surface area contributed by atoms with E-state index in [9.17, 15) is 14.4 Å². The summed E-state index contributed by atoms with van der Waals surface area (Å²) in [6.07, 6.45) is 38.7. The van der Waals surface area contributed by atoms with Crippen molar-refractivity contribution in [1.82, 2.24) is 4.90 Å². The molecule has 0 aliphatic rings. The molecule has 0 bridgehead atoms. The molecule has 0 unspecified atom stereocenters. The molecule has 0 atom stereocenters. The van der Waals surface area contributed by atoms with Gasteiger partial charge in [0.15, 0.2) is 0 Å². The largest absolute Gasteiger partial charge is 0.466 e. The van der Waals surface area contributed by atoms with Crippen molar-refractivity contribution in [3.8, 4) is 0 Å². The Kier molecular flexibility index (Phi) is 45.8. The molecule has 0 saturated carbocycles. The van der Waals surface area contributed by atoms with Crippen LogP contribution in [0.5, 0.6) is 0 Å². The molecule has 7 heteroatoms. The van der Waals surface area contributed by atoms with Crippen molar-refractivity contribution < 1.29 is 28.6 Å². The minimum atomic E-state index is -0.00469. The summed E-state index contributed by atoms with van der Waals surface area (Å²) in [6.45, 7) is 10.8.